The molecule has 1 aromatic rings. The van der Waals surface area contributed by atoms with Crippen LogP contribution in [0.4, 0.5) is 13.2 Å². The predicted molar refractivity (Wildman–Crippen MR) is 50.6 cm³/mol. The fourth-order valence-corrected chi connectivity index (χ4v) is 1.38. The average Bonchev–Trinajstić information content (AvgIpc) is 2.15. The first kappa shape index (κ1) is 13.3. The van der Waals surface area contributed by atoms with Crippen molar-refractivity contribution in [1.82, 2.24) is 0 Å². The molecule has 1 aromatic carbocycles. The highest BCUT2D eigenvalue weighted by Gasteiger charge is 2.48. The molecule has 1 amide bonds. The summed E-state index contributed by atoms with van der Waals surface area (Å²) >= 11 is 0. The highest BCUT2D eigenvalue weighted by molar-refractivity contribution is 7.88. The molecule has 0 atom stereocenters. The van der Waals surface area contributed by atoms with Gasteiger partial charge in [0, 0.05) is 0 Å². The number of primary amides is 1. The lowest BCUT2D eigenvalue weighted by Gasteiger charge is -2.11. The summed E-state index contributed by atoms with van der Waals surface area (Å²) < 4.78 is 61.3. The molecule has 2 N–H and O–H groups in total. The maximum absolute atomic E-state index is 12.0. The normalized spacial score (nSPS) is 12.2. The highest BCUT2D eigenvalue weighted by atomic mass is 32.2. The molecule has 0 unspecified atom stereocenters. The Morgan fingerprint density at radius 1 is 1.24 bits per heavy atom. The van der Waals surface area contributed by atoms with Crippen LogP contribution in [-0.2, 0) is 10.1 Å². The van der Waals surface area contributed by atoms with Gasteiger partial charge < -0.3 is 9.92 Å². The SMILES string of the molecule is NC(=O)c1ccccc1OS(=O)(=O)C(F)(F)F. The molecule has 1 rings (SSSR count). The van der Waals surface area contributed by atoms with E-state index in [0.717, 1.165) is 12.1 Å². The van der Waals surface area contributed by atoms with Crippen LogP contribution in [0.25, 0.3) is 0 Å². The van der Waals surface area contributed by atoms with Gasteiger partial charge in [-0.1, -0.05) is 12.1 Å². The summed E-state index contributed by atoms with van der Waals surface area (Å²) in [4.78, 5) is 10.8. The second-order valence-electron chi connectivity index (χ2n) is 2.84. The molecule has 0 aliphatic heterocycles. The van der Waals surface area contributed by atoms with Crippen molar-refractivity contribution < 1.29 is 30.6 Å². The number of amides is 1. The second-order valence-corrected chi connectivity index (χ2v) is 4.38. The lowest BCUT2D eigenvalue weighted by atomic mass is 10.2. The maximum Gasteiger partial charge on any atom is 0.534 e. The van der Waals surface area contributed by atoms with Gasteiger partial charge in [0.2, 0.25) is 0 Å². The zero-order chi connectivity index (χ0) is 13.3. The third-order valence-corrected chi connectivity index (χ3v) is 2.60. The van der Waals surface area contributed by atoms with Gasteiger partial charge in [-0.2, -0.15) is 21.6 Å². The fraction of sp³-hybridized carbons (Fsp3) is 0.125. The van der Waals surface area contributed by atoms with Crippen molar-refractivity contribution in [2.45, 2.75) is 5.51 Å². The molecular weight excluding hydrogens is 263 g/mol. The van der Waals surface area contributed by atoms with Crippen LogP contribution >= 0.6 is 0 Å². The van der Waals surface area contributed by atoms with Crippen LogP contribution in [0, 0.1) is 0 Å². The van der Waals surface area contributed by atoms with Gasteiger partial charge in [-0.3, -0.25) is 4.79 Å². The minimum Gasteiger partial charge on any atom is -0.375 e. The van der Waals surface area contributed by atoms with Crippen LogP contribution in [0.1, 0.15) is 10.4 Å². The van der Waals surface area contributed by atoms with Gasteiger partial charge in [0.1, 0.15) is 0 Å². The molecule has 94 valence electrons. The number of benzene rings is 1. The van der Waals surface area contributed by atoms with Gasteiger partial charge in [0.15, 0.2) is 5.75 Å². The Labute approximate surface area is 94.1 Å². The number of hydrogen-bond donors (Lipinski definition) is 1. The Hall–Kier alpha value is -1.77. The van der Waals surface area contributed by atoms with Crippen molar-refractivity contribution in [3.05, 3.63) is 29.8 Å². The lowest BCUT2D eigenvalue weighted by Crippen LogP contribution is -2.29. The molecule has 0 bridgehead atoms. The first-order chi connectivity index (χ1) is 7.65. The zero-order valence-corrected chi connectivity index (χ0v) is 8.88. The summed E-state index contributed by atoms with van der Waals surface area (Å²) in [7, 11) is -5.81. The molecule has 0 aliphatic rings. The van der Waals surface area contributed by atoms with E-state index in [9.17, 15) is 26.4 Å². The number of carbonyl (C=O) groups is 1. The van der Waals surface area contributed by atoms with Crippen molar-refractivity contribution in [3.8, 4) is 5.75 Å². The minimum atomic E-state index is -5.81. The molecule has 0 spiro atoms. The van der Waals surface area contributed by atoms with Gasteiger partial charge >= 0.3 is 15.6 Å². The Balaban J connectivity index is 3.18. The molecule has 5 nitrogen and oxygen atoms in total. The van der Waals surface area contributed by atoms with Crippen molar-refractivity contribution in [3.63, 3.8) is 0 Å². The van der Waals surface area contributed by atoms with Crippen molar-refractivity contribution in [2.75, 3.05) is 0 Å². The summed E-state index contributed by atoms with van der Waals surface area (Å²) in [5.41, 5.74) is -1.18. The van der Waals surface area contributed by atoms with E-state index >= 15 is 0 Å². The summed E-state index contributed by atoms with van der Waals surface area (Å²) in [6.07, 6.45) is 0. The number of rotatable bonds is 3. The molecular formula is C8H6F3NO4S. The molecule has 17 heavy (non-hydrogen) atoms. The Kier molecular flexibility index (Phi) is 3.32. The minimum absolute atomic E-state index is 0.458. The second kappa shape index (κ2) is 4.24. The molecule has 0 saturated carbocycles. The average molecular weight is 269 g/mol. The number of alkyl halides is 3. The van der Waals surface area contributed by atoms with Gasteiger partial charge in [-0.25, -0.2) is 0 Å². The third-order valence-electron chi connectivity index (χ3n) is 1.64. The summed E-state index contributed by atoms with van der Waals surface area (Å²) in [6, 6.07) is 4.44. The van der Waals surface area contributed by atoms with Crippen LogP contribution in [0.3, 0.4) is 0 Å². The number of nitrogens with two attached hydrogens (primary N) is 1. The van der Waals surface area contributed by atoms with Gasteiger partial charge in [0.05, 0.1) is 5.56 Å². The van der Waals surface area contributed by atoms with Gasteiger partial charge in [0.25, 0.3) is 5.91 Å². The molecule has 0 fully saturated rings. The topological polar surface area (TPSA) is 86.5 Å². The Morgan fingerprint density at radius 3 is 2.24 bits per heavy atom. The van der Waals surface area contributed by atoms with Gasteiger partial charge in [-0.15, -0.1) is 0 Å². The lowest BCUT2D eigenvalue weighted by molar-refractivity contribution is -0.0500. The van der Waals surface area contributed by atoms with E-state index in [0.29, 0.717) is 0 Å². The zero-order valence-electron chi connectivity index (χ0n) is 8.06. The smallest absolute Gasteiger partial charge is 0.375 e. The predicted octanol–water partition coefficient (Wildman–Crippen LogP) is 1.01. The van der Waals surface area contributed by atoms with Crippen molar-refractivity contribution in [1.29, 1.82) is 0 Å². The van der Waals surface area contributed by atoms with E-state index in [-0.39, 0.29) is 0 Å². The van der Waals surface area contributed by atoms with Crippen LogP contribution in [0.5, 0.6) is 5.75 Å². The monoisotopic (exact) mass is 269 g/mol. The number of carbonyl (C=O) groups excluding carboxylic acids is 1. The van der Waals surface area contributed by atoms with Crippen LogP contribution in [-0.4, -0.2) is 19.8 Å². The number of para-hydroxylation sites is 1. The van der Waals surface area contributed by atoms with Crippen molar-refractivity contribution >= 4 is 16.0 Å². The molecule has 0 radical (unpaired) electrons. The van der Waals surface area contributed by atoms with Crippen LogP contribution < -0.4 is 9.92 Å². The summed E-state index contributed by atoms with van der Waals surface area (Å²) in [6.45, 7) is 0. The Bertz CT molecular complexity index is 538. The summed E-state index contributed by atoms with van der Waals surface area (Å²) in [5.74, 6) is -1.87. The van der Waals surface area contributed by atoms with Crippen LogP contribution in [0.2, 0.25) is 0 Å². The molecule has 0 aromatic heterocycles. The Morgan fingerprint density at radius 2 is 1.76 bits per heavy atom. The standard InChI is InChI=1S/C8H6F3NO4S/c9-8(10,11)17(14,15)16-6-4-2-1-3-5(6)7(12)13/h1-4H,(H2,12,13). The molecule has 0 saturated heterocycles. The number of hydrogen-bond acceptors (Lipinski definition) is 4. The third kappa shape index (κ3) is 2.87. The first-order valence-corrected chi connectivity index (χ1v) is 5.45. The highest BCUT2D eigenvalue weighted by Crippen LogP contribution is 2.28. The van der Waals surface area contributed by atoms with E-state index in [1.165, 1.54) is 12.1 Å². The molecule has 9 heteroatoms. The van der Waals surface area contributed by atoms with Gasteiger partial charge in [-0.05, 0) is 12.1 Å². The van der Waals surface area contributed by atoms with Crippen LogP contribution in [0.15, 0.2) is 24.3 Å². The van der Waals surface area contributed by atoms with E-state index in [2.05, 4.69) is 4.18 Å². The van der Waals surface area contributed by atoms with E-state index in [4.69, 9.17) is 5.73 Å². The van der Waals surface area contributed by atoms with E-state index < -0.39 is 32.8 Å². The first-order valence-electron chi connectivity index (χ1n) is 4.05. The molecule has 0 aliphatic carbocycles. The van der Waals surface area contributed by atoms with E-state index in [1.54, 1.807) is 0 Å². The fourth-order valence-electron chi connectivity index (χ4n) is 0.908. The number of halogens is 3. The quantitative estimate of drug-likeness (QED) is 0.655. The van der Waals surface area contributed by atoms with Crippen molar-refractivity contribution in [2.24, 2.45) is 5.73 Å². The summed E-state index contributed by atoms with van der Waals surface area (Å²) in [5, 5.41) is 0. The molecule has 0 heterocycles. The maximum atomic E-state index is 12.0. The van der Waals surface area contributed by atoms with E-state index in [1.807, 2.05) is 0 Å². The largest absolute Gasteiger partial charge is 0.534 e.